The number of nitrogens with zero attached hydrogens (tertiary/aromatic N) is 3. The highest BCUT2D eigenvalue weighted by molar-refractivity contribution is 7.89. The summed E-state index contributed by atoms with van der Waals surface area (Å²) in [6.07, 6.45) is 3.82. The molecule has 34 heavy (non-hydrogen) atoms. The molecular weight excluding hydrogens is 457 g/mol. The van der Waals surface area contributed by atoms with Gasteiger partial charge in [-0.05, 0) is 55.2 Å². The van der Waals surface area contributed by atoms with E-state index in [4.69, 9.17) is 4.74 Å². The van der Waals surface area contributed by atoms with E-state index in [-0.39, 0.29) is 23.3 Å². The molecule has 1 aromatic heterocycles. The molecule has 7 nitrogen and oxygen atoms in total. The van der Waals surface area contributed by atoms with Crippen LogP contribution in [0.2, 0.25) is 0 Å². The number of halogens is 1. The second-order valence-corrected chi connectivity index (χ2v) is 11.1. The molecule has 4 rings (SSSR count). The fourth-order valence-corrected chi connectivity index (χ4v) is 5.68. The summed E-state index contributed by atoms with van der Waals surface area (Å²) in [6.45, 7) is 2.64. The normalized spacial score (nSPS) is 15.8. The summed E-state index contributed by atoms with van der Waals surface area (Å²) >= 11 is 0. The zero-order valence-electron chi connectivity index (χ0n) is 19.8. The van der Waals surface area contributed by atoms with Crippen LogP contribution in [0.4, 0.5) is 4.39 Å². The van der Waals surface area contributed by atoms with Crippen LogP contribution < -0.4 is 0 Å². The molecule has 0 N–H and O–H groups in total. The lowest BCUT2D eigenvalue weighted by Gasteiger charge is -2.27. The van der Waals surface area contributed by atoms with Crippen molar-refractivity contribution >= 4 is 27.0 Å². The Labute approximate surface area is 199 Å². The van der Waals surface area contributed by atoms with Gasteiger partial charge in [0.1, 0.15) is 18.2 Å². The van der Waals surface area contributed by atoms with Crippen molar-refractivity contribution in [3.63, 3.8) is 0 Å². The summed E-state index contributed by atoms with van der Waals surface area (Å²) in [5.41, 5.74) is 1.11. The quantitative estimate of drug-likeness (QED) is 0.440. The van der Waals surface area contributed by atoms with Crippen LogP contribution in [-0.2, 0) is 38.1 Å². The topological polar surface area (TPSA) is 81.5 Å². The molecule has 0 aliphatic heterocycles. The molecule has 0 saturated heterocycles. The maximum atomic E-state index is 13.9. The highest BCUT2D eigenvalue weighted by Gasteiger charge is 2.44. The largest absolute Gasteiger partial charge is 0.457 e. The number of hydrogen-bond donors (Lipinski definition) is 0. The summed E-state index contributed by atoms with van der Waals surface area (Å²) < 4.78 is 47.9. The Balaban J connectivity index is 1.64. The fraction of sp³-hybridized carbons (Fsp3) is 0.440. The van der Waals surface area contributed by atoms with E-state index in [1.54, 1.807) is 30.3 Å². The van der Waals surface area contributed by atoms with Crippen LogP contribution in [0.5, 0.6) is 0 Å². The number of fused-ring (bicyclic) bond motifs is 1. The molecule has 2 aromatic carbocycles. The van der Waals surface area contributed by atoms with E-state index in [9.17, 15) is 17.6 Å². The van der Waals surface area contributed by atoms with E-state index in [0.717, 1.165) is 29.1 Å². The summed E-state index contributed by atoms with van der Waals surface area (Å²) in [5.74, 6) is -0.191. The predicted octanol–water partition coefficient (Wildman–Crippen LogP) is 4.39. The zero-order chi connectivity index (χ0) is 24.5. The van der Waals surface area contributed by atoms with Gasteiger partial charge in [0.2, 0.25) is 10.0 Å². The fourth-order valence-electron chi connectivity index (χ4n) is 4.76. The van der Waals surface area contributed by atoms with Crippen LogP contribution in [0.15, 0.2) is 47.4 Å². The maximum absolute atomic E-state index is 13.9. The first-order valence-corrected chi connectivity index (χ1v) is 13.0. The SMILES string of the molecule is CCCn1c(COC(=O)C2(c3cccc(F)c3)CCCC2)nc2cc(S(=O)(=O)N(C)C)ccc21. The molecular formula is C25H30FN3O4S. The van der Waals surface area contributed by atoms with E-state index in [2.05, 4.69) is 4.98 Å². The molecule has 1 aliphatic carbocycles. The van der Waals surface area contributed by atoms with Crippen LogP contribution in [0.25, 0.3) is 11.0 Å². The van der Waals surface area contributed by atoms with Gasteiger partial charge in [0.25, 0.3) is 0 Å². The molecule has 0 bridgehead atoms. The highest BCUT2D eigenvalue weighted by Crippen LogP contribution is 2.42. The van der Waals surface area contributed by atoms with Crippen molar-refractivity contribution in [1.29, 1.82) is 0 Å². The van der Waals surface area contributed by atoms with Crippen molar-refractivity contribution in [2.24, 2.45) is 0 Å². The lowest BCUT2D eigenvalue weighted by atomic mass is 9.79. The number of benzene rings is 2. The van der Waals surface area contributed by atoms with Crippen molar-refractivity contribution in [3.05, 3.63) is 59.7 Å². The average molecular weight is 488 g/mol. The molecule has 182 valence electrons. The van der Waals surface area contributed by atoms with Gasteiger partial charge in [-0.15, -0.1) is 0 Å². The number of aromatic nitrogens is 2. The smallest absolute Gasteiger partial charge is 0.317 e. The number of rotatable bonds is 8. The third-order valence-electron chi connectivity index (χ3n) is 6.58. The number of aryl methyl sites for hydroxylation is 1. The number of carbonyl (C=O) groups is 1. The van der Waals surface area contributed by atoms with Crippen LogP contribution in [0.1, 0.15) is 50.4 Å². The van der Waals surface area contributed by atoms with E-state index in [1.807, 2.05) is 11.5 Å². The molecule has 0 amide bonds. The second kappa shape index (κ2) is 9.46. The van der Waals surface area contributed by atoms with E-state index < -0.39 is 15.4 Å². The number of ether oxygens (including phenoxy) is 1. The molecule has 1 heterocycles. The van der Waals surface area contributed by atoms with Gasteiger partial charge in [0, 0.05) is 20.6 Å². The first-order valence-electron chi connectivity index (χ1n) is 11.5. The molecule has 1 saturated carbocycles. The Morgan fingerprint density at radius 1 is 1.18 bits per heavy atom. The van der Waals surface area contributed by atoms with Gasteiger partial charge in [-0.1, -0.05) is 31.9 Å². The van der Waals surface area contributed by atoms with E-state index in [1.165, 1.54) is 26.2 Å². The molecule has 0 unspecified atom stereocenters. The monoisotopic (exact) mass is 487 g/mol. The Morgan fingerprint density at radius 2 is 1.91 bits per heavy atom. The van der Waals surface area contributed by atoms with Crippen LogP contribution in [0, 0.1) is 5.82 Å². The number of hydrogen-bond acceptors (Lipinski definition) is 5. The van der Waals surface area contributed by atoms with Crippen LogP contribution in [-0.4, -0.2) is 42.3 Å². The number of imidazole rings is 1. The maximum Gasteiger partial charge on any atom is 0.317 e. The lowest BCUT2D eigenvalue weighted by molar-refractivity contribution is -0.152. The Hall–Kier alpha value is -2.78. The molecule has 0 atom stereocenters. The van der Waals surface area contributed by atoms with Crippen molar-refractivity contribution in [2.45, 2.75) is 62.5 Å². The summed E-state index contributed by atoms with van der Waals surface area (Å²) in [5, 5.41) is 0. The number of esters is 1. The van der Waals surface area contributed by atoms with Gasteiger partial charge in [0.05, 0.1) is 21.3 Å². The van der Waals surface area contributed by atoms with Crippen LogP contribution >= 0.6 is 0 Å². The summed E-state index contributed by atoms with van der Waals surface area (Å²) in [7, 11) is -0.628. The van der Waals surface area contributed by atoms with Gasteiger partial charge >= 0.3 is 5.97 Å². The van der Waals surface area contributed by atoms with E-state index >= 15 is 0 Å². The average Bonchev–Trinajstić information content (AvgIpc) is 3.43. The third-order valence-corrected chi connectivity index (χ3v) is 8.39. The first-order chi connectivity index (χ1) is 16.2. The third kappa shape index (κ3) is 4.34. The number of carbonyl (C=O) groups excluding carboxylic acids is 1. The second-order valence-electron chi connectivity index (χ2n) is 8.99. The van der Waals surface area contributed by atoms with Crippen molar-refractivity contribution in [3.8, 4) is 0 Å². The van der Waals surface area contributed by atoms with Gasteiger partial charge in [-0.2, -0.15) is 0 Å². The van der Waals surface area contributed by atoms with Crippen molar-refractivity contribution in [1.82, 2.24) is 13.9 Å². The van der Waals surface area contributed by atoms with Gasteiger partial charge in [-0.25, -0.2) is 22.1 Å². The molecule has 0 radical (unpaired) electrons. The van der Waals surface area contributed by atoms with Crippen molar-refractivity contribution < 1.29 is 22.3 Å². The molecule has 1 aliphatic rings. The van der Waals surface area contributed by atoms with Gasteiger partial charge in [-0.3, -0.25) is 4.79 Å². The van der Waals surface area contributed by atoms with Crippen LogP contribution in [0.3, 0.4) is 0 Å². The highest BCUT2D eigenvalue weighted by atomic mass is 32.2. The molecule has 3 aromatic rings. The summed E-state index contributed by atoms with van der Waals surface area (Å²) in [6, 6.07) is 11.1. The van der Waals surface area contributed by atoms with E-state index in [0.29, 0.717) is 36.3 Å². The standard InChI is InChI=1S/C25H30FN3O4S/c1-4-14-29-22-11-10-20(34(31,32)28(2)3)16-21(22)27-23(29)17-33-24(30)25(12-5-6-13-25)18-8-7-9-19(26)15-18/h7-11,15-16H,4-6,12-14,17H2,1-3H3. The Morgan fingerprint density at radius 3 is 2.56 bits per heavy atom. The van der Waals surface area contributed by atoms with Crippen molar-refractivity contribution in [2.75, 3.05) is 14.1 Å². The predicted molar refractivity (Wildman–Crippen MR) is 127 cm³/mol. The zero-order valence-corrected chi connectivity index (χ0v) is 20.6. The molecule has 0 spiro atoms. The summed E-state index contributed by atoms with van der Waals surface area (Å²) in [4.78, 5) is 18.1. The minimum atomic E-state index is -3.60. The molecule has 9 heteroatoms. The van der Waals surface area contributed by atoms with Gasteiger partial charge < -0.3 is 9.30 Å². The Bertz CT molecular complexity index is 1310. The first kappa shape index (κ1) is 24.3. The number of sulfonamides is 1. The Kier molecular flexibility index (Phi) is 6.78. The lowest BCUT2D eigenvalue weighted by Crippen LogP contribution is -2.35. The van der Waals surface area contributed by atoms with Gasteiger partial charge in [0.15, 0.2) is 0 Å². The minimum absolute atomic E-state index is 0.0413. The molecule has 1 fully saturated rings. The minimum Gasteiger partial charge on any atom is -0.457 e.